The lowest BCUT2D eigenvalue weighted by atomic mass is 10.00. The first kappa shape index (κ1) is 37.8. The van der Waals surface area contributed by atoms with Crippen LogP contribution in [0.15, 0.2) is 227 Å². The third-order valence-electron chi connectivity index (χ3n) is 13.7. The van der Waals surface area contributed by atoms with E-state index in [-0.39, 0.29) is 0 Å². The van der Waals surface area contributed by atoms with E-state index in [1.54, 1.807) is 0 Å². The van der Waals surface area contributed by atoms with Crippen LogP contribution >= 0.6 is 22.7 Å². The van der Waals surface area contributed by atoms with Crippen molar-refractivity contribution >= 4 is 163 Å². The summed E-state index contributed by atoms with van der Waals surface area (Å²) in [6.07, 6.45) is 0. The van der Waals surface area contributed by atoms with E-state index in [4.69, 9.17) is 8.83 Å². The molecule has 0 unspecified atom stereocenters. The summed E-state index contributed by atoms with van der Waals surface area (Å²) >= 11 is 3.69. The Hall–Kier alpha value is -8.42. The van der Waals surface area contributed by atoms with Crippen molar-refractivity contribution < 1.29 is 8.83 Å². The van der Waals surface area contributed by atoms with Crippen molar-refractivity contribution in [2.45, 2.75) is 0 Å². The first-order valence-electron chi connectivity index (χ1n) is 22.9. The monoisotopic (exact) mass is 904 g/mol. The van der Waals surface area contributed by atoms with Gasteiger partial charge in [-0.05, 0) is 143 Å². The second-order valence-electron chi connectivity index (χ2n) is 17.6. The first-order valence-corrected chi connectivity index (χ1v) is 24.5. The molecule has 0 fully saturated rings. The van der Waals surface area contributed by atoms with E-state index in [1.807, 2.05) is 22.7 Å². The molecule has 11 aromatic carbocycles. The van der Waals surface area contributed by atoms with Crippen molar-refractivity contribution in [3.05, 3.63) is 218 Å². The Morgan fingerprint density at radius 1 is 0.265 bits per heavy atom. The molecule has 6 heteroatoms. The molecular formula is C62H36N2O2S2. The number of thiophene rings is 2. The van der Waals surface area contributed by atoms with Crippen LogP contribution in [0.4, 0.5) is 34.1 Å². The second-order valence-corrected chi connectivity index (χ2v) is 19.8. The molecule has 0 saturated carbocycles. The van der Waals surface area contributed by atoms with E-state index in [9.17, 15) is 0 Å². The average molecular weight is 905 g/mol. The van der Waals surface area contributed by atoms with Crippen molar-refractivity contribution in [3.8, 4) is 0 Å². The molecule has 0 N–H and O–H groups in total. The minimum absolute atomic E-state index is 0.844. The fraction of sp³-hybridized carbons (Fsp3) is 0. The summed E-state index contributed by atoms with van der Waals surface area (Å²) in [4.78, 5) is 4.78. The summed E-state index contributed by atoms with van der Waals surface area (Å²) in [5.74, 6) is 0. The van der Waals surface area contributed by atoms with Crippen molar-refractivity contribution in [2.75, 3.05) is 9.80 Å². The van der Waals surface area contributed by atoms with Gasteiger partial charge in [0.1, 0.15) is 22.3 Å². The Bertz CT molecular complexity index is 4230. The molecule has 15 rings (SSSR count). The Morgan fingerprint density at radius 3 is 1.16 bits per heavy atom. The number of para-hydroxylation sites is 2. The van der Waals surface area contributed by atoms with Gasteiger partial charge in [-0.15, -0.1) is 22.7 Å². The summed E-state index contributed by atoms with van der Waals surface area (Å²) < 4.78 is 18.6. The van der Waals surface area contributed by atoms with Crippen LogP contribution in [-0.4, -0.2) is 0 Å². The third kappa shape index (κ3) is 5.65. The van der Waals surface area contributed by atoms with Crippen molar-refractivity contribution in [2.24, 2.45) is 0 Å². The molecule has 4 heterocycles. The molecule has 0 bridgehead atoms. The normalized spacial score (nSPS) is 12.1. The lowest BCUT2D eigenvalue weighted by Crippen LogP contribution is -2.10. The lowest BCUT2D eigenvalue weighted by molar-refractivity contribution is 0.663. The maximum absolute atomic E-state index is 6.76. The lowest BCUT2D eigenvalue weighted by Gasteiger charge is -2.26. The molecule has 4 aromatic heterocycles. The highest BCUT2D eigenvalue weighted by atomic mass is 32.1. The molecule has 0 spiro atoms. The van der Waals surface area contributed by atoms with Crippen LogP contribution < -0.4 is 9.80 Å². The molecule has 0 atom stereocenters. The van der Waals surface area contributed by atoms with Gasteiger partial charge >= 0.3 is 0 Å². The predicted molar refractivity (Wildman–Crippen MR) is 291 cm³/mol. The molecule has 15 aromatic rings. The average Bonchev–Trinajstić information content (AvgIpc) is 4.16. The second kappa shape index (κ2) is 14.5. The smallest absolute Gasteiger partial charge is 0.136 e. The molecule has 0 saturated heterocycles. The highest BCUT2D eigenvalue weighted by molar-refractivity contribution is 7.26. The fourth-order valence-electron chi connectivity index (χ4n) is 10.8. The van der Waals surface area contributed by atoms with Gasteiger partial charge in [-0.2, -0.15) is 0 Å². The summed E-state index contributed by atoms with van der Waals surface area (Å²) in [5, 5.41) is 13.9. The number of hydrogen-bond donors (Lipinski definition) is 0. The molecule has 0 radical (unpaired) electrons. The number of nitrogens with zero attached hydrogens (tertiary/aromatic N) is 2. The van der Waals surface area contributed by atoms with Gasteiger partial charge in [0.2, 0.25) is 0 Å². The maximum atomic E-state index is 6.76. The fourth-order valence-corrected chi connectivity index (χ4v) is 13.0. The first-order chi connectivity index (χ1) is 33.7. The van der Waals surface area contributed by atoms with E-state index in [0.717, 1.165) is 99.5 Å². The molecule has 0 aliphatic carbocycles. The minimum Gasteiger partial charge on any atom is -0.456 e. The number of rotatable bonds is 6. The van der Waals surface area contributed by atoms with Gasteiger partial charge in [0.05, 0.1) is 11.4 Å². The highest BCUT2D eigenvalue weighted by Crippen LogP contribution is 2.49. The molecule has 4 nitrogen and oxygen atoms in total. The van der Waals surface area contributed by atoms with Gasteiger partial charge < -0.3 is 18.6 Å². The van der Waals surface area contributed by atoms with Gasteiger partial charge in [-0.3, -0.25) is 0 Å². The van der Waals surface area contributed by atoms with Crippen LogP contribution in [-0.2, 0) is 0 Å². The zero-order valence-corrected chi connectivity index (χ0v) is 37.9. The molecule has 0 amide bonds. The van der Waals surface area contributed by atoms with Gasteiger partial charge in [-0.25, -0.2) is 0 Å². The van der Waals surface area contributed by atoms with E-state index in [0.29, 0.717) is 0 Å². The number of anilines is 6. The largest absolute Gasteiger partial charge is 0.456 e. The predicted octanol–water partition coefficient (Wildman–Crippen LogP) is 19.5. The van der Waals surface area contributed by atoms with Crippen molar-refractivity contribution in [1.29, 1.82) is 0 Å². The molecule has 0 aliphatic heterocycles. The number of furan rings is 2. The molecule has 0 aliphatic rings. The quantitative estimate of drug-likeness (QED) is 0.166. The number of fused-ring (bicyclic) bond motifs is 15. The standard InChI is InChI=1S/C62H36N2O2S2/c1-3-13-41(14-4-1)63(49-19-11-23-57-59(49)45-17-7-9-21-55(45)67-57)43-27-25-37-33-47-53(35-39(37)31-43)65-51-29-30-52-62(61(47)51)48-34-38-26-28-44(32-40(38)36-54(48)66-52)64(42-15-5-2-6-16-42)50-20-12-24-58-60(50)46-18-8-10-22-56(46)68-58/h1-36H. The Kier molecular flexibility index (Phi) is 8.07. The van der Waals surface area contributed by atoms with Gasteiger partial charge in [0, 0.05) is 84.6 Å². The summed E-state index contributed by atoms with van der Waals surface area (Å²) in [5.41, 5.74) is 10.1. The van der Waals surface area contributed by atoms with Gasteiger partial charge in [0.25, 0.3) is 0 Å². The van der Waals surface area contributed by atoms with Crippen molar-refractivity contribution in [1.82, 2.24) is 0 Å². The van der Waals surface area contributed by atoms with Gasteiger partial charge in [-0.1, -0.05) is 97.1 Å². The topological polar surface area (TPSA) is 32.8 Å². The highest BCUT2D eigenvalue weighted by Gasteiger charge is 2.23. The Balaban J connectivity index is 0.874. The number of benzene rings is 11. The number of hydrogen-bond acceptors (Lipinski definition) is 6. The third-order valence-corrected chi connectivity index (χ3v) is 16.0. The Morgan fingerprint density at radius 2 is 0.691 bits per heavy atom. The van der Waals surface area contributed by atoms with E-state index in [1.165, 1.54) is 40.3 Å². The molecule has 68 heavy (non-hydrogen) atoms. The van der Waals surface area contributed by atoms with Crippen LogP contribution in [0.25, 0.3) is 106 Å². The SMILES string of the molecule is c1ccc(N(c2ccc3cc4c(cc3c2)oc2ccc3oc5cc6cc(N(c7ccccc7)c7cccc8sc9ccccc9c78)ccc6cc5c3c24)c2cccc3sc4ccccc4c23)cc1. The molecule has 318 valence electrons. The summed E-state index contributed by atoms with van der Waals surface area (Å²) in [6, 6.07) is 78.9. The zero-order chi connectivity index (χ0) is 44.5. The summed E-state index contributed by atoms with van der Waals surface area (Å²) in [6.45, 7) is 0. The van der Waals surface area contributed by atoms with Crippen LogP contribution in [0.3, 0.4) is 0 Å². The van der Waals surface area contributed by atoms with Crippen LogP contribution in [0.5, 0.6) is 0 Å². The Labute approximate surface area is 397 Å². The zero-order valence-electron chi connectivity index (χ0n) is 36.3. The van der Waals surface area contributed by atoms with Crippen LogP contribution in [0.2, 0.25) is 0 Å². The van der Waals surface area contributed by atoms with Crippen LogP contribution in [0, 0.1) is 0 Å². The van der Waals surface area contributed by atoms with E-state index in [2.05, 4.69) is 228 Å². The minimum atomic E-state index is 0.844. The van der Waals surface area contributed by atoms with E-state index >= 15 is 0 Å². The van der Waals surface area contributed by atoms with Gasteiger partial charge in [0.15, 0.2) is 0 Å². The maximum Gasteiger partial charge on any atom is 0.136 e. The van der Waals surface area contributed by atoms with Crippen molar-refractivity contribution in [3.63, 3.8) is 0 Å². The van der Waals surface area contributed by atoms with Crippen LogP contribution in [0.1, 0.15) is 0 Å². The summed E-state index contributed by atoms with van der Waals surface area (Å²) in [7, 11) is 0. The van der Waals surface area contributed by atoms with E-state index < -0.39 is 0 Å². The molecular weight excluding hydrogens is 869 g/mol.